The molecule has 130 valence electrons. The monoisotopic (exact) mass is 361 g/mol. The number of carbonyl (C=O) groups excluding carboxylic acids is 2. The van der Waals surface area contributed by atoms with Gasteiger partial charge in [-0.05, 0) is 23.8 Å². The van der Waals surface area contributed by atoms with Crippen LogP contribution < -0.4 is 20.2 Å². The molecule has 2 aromatic rings. The predicted molar refractivity (Wildman–Crippen MR) is 90.8 cm³/mol. The standard InChI is InChI=1S/C15H15N5O4S/c1-2-12(21)17-15-20-19-14(25-15)6-13(22)18-16-7-9-3-4-10-11(5-9)24-8-23-10/h3-5,7H,2,6,8H2,1H3,(H,18,22)(H,17,20,21)/b16-7-. The highest BCUT2D eigenvalue weighted by molar-refractivity contribution is 7.15. The molecule has 9 nitrogen and oxygen atoms in total. The van der Waals surface area contributed by atoms with Crippen molar-refractivity contribution in [3.05, 3.63) is 28.8 Å². The molecule has 0 saturated carbocycles. The number of hydrogen-bond acceptors (Lipinski definition) is 8. The van der Waals surface area contributed by atoms with Crippen LogP contribution in [0.4, 0.5) is 5.13 Å². The summed E-state index contributed by atoms with van der Waals surface area (Å²) in [5.41, 5.74) is 3.19. The fraction of sp³-hybridized carbons (Fsp3) is 0.267. The van der Waals surface area contributed by atoms with Gasteiger partial charge in [-0.15, -0.1) is 10.2 Å². The maximum atomic E-state index is 11.9. The molecule has 1 aliphatic rings. The van der Waals surface area contributed by atoms with Crippen LogP contribution in [0.3, 0.4) is 0 Å². The summed E-state index contributed by atoms with van der Waals surface area (Å²) in [5.74, 6) is 0.844. The van der Waals surface area contributed by atoms with Gasteiger partial charge in [-0.3, -0.25) is 9.59 Å². The third kappa shape index (κ3) is 4.51. The van der Waals surface area contributed by atoms with E-state index in [9.17, 15) is 9.59 Å². The molecule has 0 aliphatic carbocycles. The van der Waals surface area contributed by atoms with Gasteiger partial charge < -0.3 is 14.8 Å². The molecule has 2 amide bonds. The summed E-state index contributed by atoms with van der Waals surface area (Å²) in [6.07, 6.45) is 1.88. The first-order valence-electron chi connectivity index (χ1n) is 7.48. The minimum absolute atomic E-state index is 0.0259. The van der Waals surface area contributed by atoms with Crippen LogP contribution in [0.25, 0.3) is 0 Å². The molecule has 25 heavy (non-hydrogen) atoms. The summed E-state index contributed by atoms with van der Waals surface area (Å²) in [4.78, 5) is 23.1. The largest absolute Gasteiger partial charge is 0.454 e. The van der Waals surface area contributed by atoms with Crippen LogP contribution in [0.2, 0.25) is 0 Å². The van der Waals surface area contributed by atoms with Gasteiger partial charge >= 0.3 is 0 Å². The molecular formula is C15H15N5O4S. The van der Waals surface area contributed by atoms with Crippen LogP contribution in [0.1, 0.15) is 23.9 Å². The molecule has 0 radical (unpaired) electrons. The maximum absolute atomic E-state index is 11.9. The summed E-state index contributed by atoms with van der Waals surface area (Å²) in [5, 5.41) is 15.0. The first-order valence-corrected chi connectivity index (χ1v) is 8.29. The Hall–Kier alpha value is -3.01. The van der Waals surface area contributed by atoms with Crippen LogP contribution in [0.15, 0.2) is 23.3 Å². The maximum Gasteiger partial charge on any atom is 0.247 e. The van der Waals surface area contributed by atoms with Gasteiger partial charge in [-0.2, -0.15) is 5.10 Å². The summed E-state index contributed by atoms with van der Waals surface area (Å²) in [6, 6.07) is 5.35. The van der Waals surface area contributed by atoms with Crippen LogP contribution >= 0.6 is 11.3 Å². The number of hydrazone groups is 1. The molecule has 2 heterocycles. The predicted octanol–water partition coefficient (Wildman–Crippen LogP) is 1.31. The topological polar surface area (TPSA) is 115 Å². The van der Waals surface area contributed by atoms with E-state index in [1.54, 1.807) is 25.1 Å². The highest BCUT2D eigenvalue weighted by Gasteiger charge is 2.13. The fourth-order valence-electron chi connectivity index (χ4n) is 1.93. The Kier molecular flexibility index (Phi) is 5.19. The van der Waals surface area contributed by atoms with E-state index >= 15 is 0 Å². The first-order chi connectivity index (χ1) is 12.1. The van der Waals surface area contributed by atoms with E-state index < -0.39 is 0 Å². The second kappa shape index (κ2) is 7.71. The summed E-state index contributed by atoms with van der Waals surface area (Å²) in [7, 11) is 0. The van der Waals surface area contributed by atoms with Crippen LogP contribution in [0, 0.1) is 0 Å². The molecule has 0 saturated heterocycles. The Labute approximate surface area is 147 Å². The van der Waals surface area contributed by atoms with Crippen molar-refractivity contribution in [1.82, 2.24) is 15.6 Å². The number of nitrogens with zero attached hydrogens (tertiary/aromatic N) is 3. The van der Waals surface area contributed by atoms with Gasteiger partial charge in [0.25, 0.3) is 0 Å². The molecule has 1 aliphatic heterocycles. The van der Waals surface area contributed by atoms with E-state index in [0.717, 1.165) is 16.9 Å². The quantitative estimate of drug-likeness (QED) is 0.592. The lowest BCUT2D eigenvalue weighted by Gasteiger charge is -1.98. The number of carbonyl (C=O) groups is 2. The van der Waals surface area contributed by atoms with Crippen LogP contribution in [-0.2, 0) is 16.0 Å². The minimum atomic E-state index is -0.332. The molecule has 0 atom stereocenters. The van der Waals surface area contributed by atoms with Crippen molar-refractivity contribution in [3.63, 3.8) is 0 Å². The van der Waals surface area contributed by atoms with Gasteiger partial charge in [0.2, 0.25) is 23.7 Å². The average molecular weight is 361 g/mol. The third-order valence-electron chi connectivity index (χ3n) is 3.15. The first kappa shape index (κ1) is 16.8. The number of nitrogens with one attached hydrogen (secondary N) is 2. The third-order valence-corrected chi connectivity index (χ3v) is 3.98. The lowest BCUT2D eigenvalue weighted by molar-refractivity contribution is -0.120. The smallest absolute Gasteiger partial charge is 0.247 e. The molecule has 10 heteroatoms. The van der Waals surface area contributed by atoms with E-state index in [4.69, 9.17) is 9.47 Å². The average Bonchev–Trinajstić information content (AvgIpc) is 3.23. The second-order valence-corrected chi connectivity index (χ2v) is 6.05. The van der Waals surface area contributed by atoms with Crippen LogP contribution in [-0.4, -0.2) is 35.0 Å². The van der Waals surface area contributed by atoms with E-state index in [-0.39, 0.29) is 25.0 Å². The Morgan fingerprint density at radius 3 is 2.96 bits per heavy atom. The number of anilines is 1. The number of amides is 2. The van der Waals surface area contributed by atoms with Gasteiger partial charge in [-0.1, -0.05) is 18.3 Å². The molecule has 0 fully saturated rings. The van der Waals surface area contributed by atoms with Gasteiger partial charge in [-0.25, -0.2) is 5.43 Å². The molecule has 0 bridgehead atoms. The normalized spacial score (nSPS) is 12.4. The van der Waals surface area contributed by atoms with Crippen molar-refractivity contribution in [2.45, 2.75) is 19.8 Å². The summed E-state index contributed by atoms with van der Waals surface area (Å²) < 4.78 is 10.5. The van der Waals surface area contributed by atoms with Crippen molar-refractivity contribution in [2.24, 2.45) is 5.10 Å². The zero-order valence-corrected chi connectivity index (χ0v) is 14.1. The van der Waals surface area contributed by atoms with Crippen molar-refractivity contribution in [2.75, 3.05) is 12.1 Å². The number of aromatic nitrogens is 2. The Morgan fingerprint density at radius 2 is 2.12 bits per heavy atom. The number of fused-ring (bicyclic) bond motifs is 1. The number of hydrogen-bond donors (Lipinski definition) is 2. The summed E-state index contributed by atoms with van der Waals surface area (Å²) >= 11 is 1.15. The van der Waals surface area contributed by atoms with E-state index in [2.05, 4.69) is 26.0 Å². The van der Waals surface area contributed by atoms with E-state index in [0.29, 0.717) is 28.1 Å². The molecule has 1 aromatic carbocycles. The number of rotatable bonds is 6. The molecule has 1 aromatic heterocycles. The minimum Gasteiger partial charge on any atom is -0.454 e. The Balaban J connectivity index is 1.50. The van der Waals surface area contributed by atoms with E-state index in [1.807, 2.05) is 0 Å². The lowest BCUT2D eigenvalue weighted by Crippen LogP contribution is -2.19. The fourth-order valence-corrected chi connectivity index (χ4v) is 2.69. The zero-order valence-electron chi connectivity index (χ0n) is 13.3. The molecule has 0 unspecified atom stereocenters. The van der Waals surface area contributed by atoms with Gasteiger partial charge in [0, 0.05) is 6.42 Å². The SMILES string of the molecule is CCC(=O)Nc1nnc(CC(=O)N/N=C\c2ccc3c(c2)OCO3)s1. The van der Waals surface area contributed by atoms with Gasteiger partial charge in [0.15, 0.2) is 11.5 Å². The molecular weight excluding hydrogens is 346 g/mol. The van der Waals surface area contributed by atoms with Crippen molar-refractivity contribution in [3.8, 4) is 11.5 Å². The zero-order chi connectivity index (χ0) is 17.6. The Morgan fingerprint density at radius 1 is 1.28 bits per heavy atom. The van der Waals surface area contributed by atoms with Gasteiger partial charge in [0.1, 0.15) is 5.01 Å². The molecule has 0 spiro atoms. The van der Waals surface area contributed by atoms with Crippen LogP contribution in [0.5, 0.6) is 11.5 Å². The number of ether oxygens (including phenoxy) is 2. The van der Waals surface area contributed by atoms with E-state index in [1.165, 1.54) is 6.21 Å². The highest BCUT2D eigenvalue weighted by atomic mass is 32.1. The summed E-state index contributed by atoms with van der Waals surface area (Å²) in [6.45, 7) is 1.94. The number of benzene rings is 1. The molecule has 3 rings (SSSR count). The molecule has 2 N–H and O–H groups in total. The van der Waals surface area contributed by atoms with Crippen molar-refractivity contribution < 1.29 is 19.1 Å². The Bertz CT molecular complexity index is 820. The second-order valence-electron chi connectivity index (χ2n) is 4.99. The lowest BCUT2D eigenvalue weighted by atomic mass is 10.2. The van der Waals surface area contributed by atoms with Gasteiger partial charge in [0.05, 0.1) is 12.6 Å². The highest BCUT2D eigenvalue weighted by Crippen LogP contribution is 2.31. The van der Waals surface area contributed by atoms with Crippen molar-refractivity contribution >= 4 is 34.5 Å². The van der Waals surface area contributed by atoms with Crippen molar-refractivity contribution in [1.29, 1.82) is 0 Å².